The van der Waals surface area contributed by atoms with Crippen LogP contribution in [0.5, 0.6) is 0 Å². The highest BCUT2D eigenvalue weighted by molar-refractivity contribution is 6.33. The summed E-state index contributed by atoms with van der Waals surface area (Å²) in [6.45, 7) is 3.97. The molecule has 1 amide bonds. The SMILES string of the molecule is CC(C)Nc1ncc2nc(Nc3c(F)cc(C#N)cc3Cl)n([C@H]3CC[C@H](C(N)=O)CC3)c2n1. The van der Waals surface area contributed by atoms with Crippen molar-refractivity contribution in [2.24, 2.45) is 11.7 Å². The number of imidazole rings is 1. The number of hydrogen-bond donors (Lipinski definition) is 3. The van der Waals surface area contributed by atoms with E-state index in [-0.39, 0.29) is 40.2 Å². The topological polar surface area (TPSA) is 135 Å². The molecule has 3 aromatic rings. The molecule has 1 saturated carbocycles. The molecular weight excluding hydrogens is 447 g/mol. The third kappa shape index (κ3) is 4.68. The van der Waals surface area contributed by atoms with E-state index < -0.39 is 5.82 Å². The van der Waals surface area contributed by atoms with Crippen LogP contribution in [0.2, 0.25) is 5.02 Å². The number of anilines is 3. The number of primary amides is 1. The molecule has 2 aromatic heterocycles. The first-order valence-corrected chi connectivity index (χ1v) is 11.1. The Morgan fingerprint density at radius 1 is 1.30 bits per heavy atom. The summed E-state index contributed by atoms with van der Waals surface area (Å²) in [5, 5.41) is 15.3. The van der Waals surface area contributed by atoms with E-state index in [2.05, 4.69) is 25.6 Å². The van der Waals surface area contributed by atoms with Gasteiger partial charge in [0.2, 0.25) is 17.8 Å². The predicted octanol–water partition coefficient (Wildman–Crippen LogP) is 4.27. The Hall–Kier alpha value is -3.45. The summed E-state index contributed by atoms with van der Waals surface area (Å²) in [6.07, 6.45) is 4.28. The molecule has 1 aliphatic carbocycles. The van der Waals surface area contributed by atoms with Gasteiger partial charge in [0.1, 0.15) is 11.3 Å². The van der Waals surface area contributed by atoms with Crippen LogP contribution in [0.25, 0.3) is 11.2 Å². The quantitative estimate of drug-likeness (QED) is 0.489. The van der Waals surface area contributed by atoms with Gasteiger partial charge in [0.15, 0.2) is 5.65 Å². The van der Waals surface area contributed by atoms with Gasteiger partial charge in [0, 0.05) is 18.0 Å². The first-order valence-electron chi connectivity index (χ1n) is 10.7. The number of benzene rings is 1. The number of fused-ring (bicyclic) bond motifs is 1. The van der Waals surface area contributed by atoms with E-state index in [1.807, 2.05) is 24.5 Å². The first kappa shape index (κ1) is 22.7. The Bertz CT molecular complexity index is 1220. The lowest BCUT2D eigenvalue weighted by Crippen LogP contribution is -2.28. The largest absolute Gasteiger partial charge is 0.369 e. The van der Waals surface area contributed by atoms with Gasteiger partial charge >= 0.3 is 0 Å². The van der Waals surface area contributed by atoms with Crippen molar-refractivity contribution < 1.29 is 9.18 Å². The highest BCUT2D eigenvalue weighted by Gasteiger charge is 2.29. The number of nitrogens with two attached hydrogens (primary N) is 1. The average molecular weight is 471 g/mol. The zero-order valence-corrected chi connectivity index (χ0v) is 19.0. The third-order valence-electron chi connectivity index (χ3n) is 5.72. The van der Waals surface area contributed by atoms with E-state index in [0.29, 0.717) is 48.7 Å². The maximum absolute atomic E-state index is 14.7. The Labute approximate surface area is 195 Å². The van der Waals surface area contributed by atoms with E-state index in [1.165, 1.54) is 6.07 Å². The van der Waals surface area contributed by atoms with Crippen LogP contribution in [0, 0.1) is 23.1 Å². The molecule has 1 aromatic carbocycles. The van der Waals surface area contributed by atoms with Crippen molar-refractivity contribution in [1.29, 1.82) is 5.26 Å². The molecule has 0 spiro atoms. The molecule has 1 aliphatic rings. The van der Waals surface area contributed by atoms with Crippen LogP contribution in [0.3, 0.4) is 0 Å². The summed E-state index contributed by atoms with van der Waals surface area (Å²) in [7, 11) is 0. The lowest BCUT2D eigenvalue weighted by Gasteiger charge is -2.29. The van der Waals surface area contributed by atoms with Gasteiger partial charge < -0.3 is 16.4 Å². The molecule has 1 fully saturated rings. The fourth-order valence-electron chi connectivity index (χ4n) is 4.14. The summed E-state index contributed by atoms with van der Waals surface area (Å²) in [5.74, 6) is -0.305. The van der Waals surface area contributed by atoms with Crippen molar-refractivity contribution in [2.75, 3.05) is 10.6 Å². The van der Waals surface area contributed by atoms with Gasteiger partial charge in [0.25, 0.3) is 0 Å². The number of aromatic nitrogens is 4. The number of amides is 1. The maximum Gasteiger partial charge on any atom is 0.224 e. The van der Waals surface area contributed by atoms with E-state index in [9.17, 15) is 9.18 Å². The molecule has 4 rings (SSSR count). The van der Waals surface area contributed by atoms with Crippen LogP contribution in [-0.4, -0.2) is 31.5 Å². The molecule has 0 unspecified atom stereocenters. The number of nitrogens with one attached hydrogen (secondary N) is 2. The highest BCUT2D eigenvalue weighted by atomic mass is 35.5. The van der Waals surface area contributed by atoms with Crippen LogP contribution in [0.4, 0.5) is 22.0 Å². The van der Waals surface area contributed by atoms with E-state index in [0.717, 1.165) is 6.07 Å². The summed E-state index contributed by atoms with van der Waals surface area (Å²) < 4.78 is 16.6. The summed E-state index contributed by atoms with van der Waals surface area (Å²) in [4.78, 5) is 25.2. The fraction of sp³-hybridized carbons (Fsp3) is 0.409. The van der Waals surface area contributed by atoms with E-state index in [1.54, 1.807) is 6.20 Å². The second-order valence-electron chi connectivity index (χ2n) is 8.47. The highest BCUT2D eigenvalue weighted by Crippen LogP contribution is 2.38. The zero-order valence-electron chi connectivity index (χ0n) is 18.3. The minimum atomic E-state index is -0.664. The second kappa shape index (κ2) is 9.19. The van der Waals surface area contributed by atoms with E-state index in [4.69, 9.17) is 22.6 Å². The van der Waals surface area contributed by atoms with Crippen molar-refractivity contribution >= 4 is 46.3 Å². The molecule has 11 heteroatoms. The molecule has 0 aliphatic heterocycles. The molecular formula is C22H24ClFN8O. The second-order valence-corrected chi connectivity index (χ2v) is 8.87. The van der Waals surface area contributed by atoms with Crippen LogP contribution in [-0.2, 0) is 4.79 Å². The van der Waals surface area contributed by atoms with Gasteiger partial charge in [-0.25, -0.2) is 14.4 Å². The van der Waals surface area contributed by atoms with Gasteiger partial charge in [-0.1, -0.05) is 11.6 Å². The summed E-state index contributed by atoms with van der Waals surface area (Å²) in [5.41, 5.74) is 6.76. The minimum Gasteiger partial charge on any atom is -0.369 e. The fourth-order valence-corrected chi connectivity index (χ4v) is 4.40. The molecule has 2 heterocycles. The number of carbonyl (C=O) groups excluding carboxylic acids is 1. The molecule has 33 heavy (non-hydrogen) atoms. The van der Waals surface area contributed by atoms with Crippen molar-refractivity contribution in [3.8, 4) is 6.07 Å². The number of rotatable bonds is 6. The molecule has 172 valence electrons. The number of carbonyl (C=O) groups is 1. The maximum atomic E-state index is 14.7. The number of hydrogen-bond acceptors (Lipinski definition) is 7. The lowest BCUT2D eigenvalue weighted by molar-refractivity contribution is -0.122. The van der Waals surface area contributed by atoms with Gasteiger partial charge in [0.05, 0.1) is 28.5 Å². The zero-order chi connectivity index (χ0) is 23.7. The Balaban J connectivity index is 1.78. The molecule has 0 radical (unpaired) electrons. The Morgan fingerprint density at radius 2 is 2.03 bits per heavy atom. The molecule has 0 atom stereocenters. The first-order chi connectivity index (χ1) is 15.8. The summed E-state index contributed by atoms with van der Waals surface area (Å²) >= 11 is 6.26. The van der Waals surface area contributed by atoms with Crippen LogP contribution < -0.4 is 16.4 Å². The monoisotopic (exact) mass is 470 g/mol. The standard InChI is InChI=1S/C22H24ClFN8O/c1-11(2)28-21-27-10-17-20(31-21)32(14-5-3-13(4-6-14)19(26)33)22(29-17)30-18-15(23)7-12(9-25)8-16(18)24/h7-8,10-11,13-14H,3-6H2,1-2H3,(H2,26,33)(H,29,30)(H,27,28,31)/t13-,14-. The van der Waals surface area contributed by atoms with Crippen molar-refractivity contribution in [3.63, 3.8) is 0 Å². The van der Waals surface area contributed by atoms with Gasteiger partial charge in [-0.15, -0.1) is 0 Å². The minimum absolute atomic E-state index is 0.0199. The van der Waals surface area contributed by atoms with Crippen LogP contribution in [0.15, 0.2) is 18.3 Å². The smallest absolute Gasteiger partial charge is 0.224 e. The number of nitriles is 1. The average Bonchev–Trinajstić information content (AvgIpc) is 3.13. The van der Waals surface area contributed by atoms with Gasteiger partial charge in [-0.05, 0) is 51.7 Å². The number of halogens is 2. The van der Waals surface area contributed by atoms with Crippen molar-refractivity contribution in [2.45, 2.75) is 51.6 Å². The molecule has 9 nitrogen and oxygen atoms in total. The van der Waals surface area contributed by atoms with Gasteiger partial charge in [-0.2, -0.15) is 10.2 Å². The Morgan fingerprint density at radius 3 is 2.64 bits per heavy atom. The third-order valence-corrected chi connectivity index (χ3v) is 6.02. The Kier molecular flexibility index (Phi) is 6.33. The normalized spacial score (nSPS) is 18.3. The lowest BCUT2D eigenvalue weighted by atomic mass is 9.85. The van der Waals surface area contributed by atoms with Gasteiger partial charge in [-0.3, -0.25) is 9.36 Å². The van der Waals surface area contributed by atoms with Crippen molar-refractivity contribution in [3.05, 3.63) is 34.7 Å². The molecule has 0 bridgehead atoms. The summed E-state index contributed by atoms with van der Waals surface area (Å²) in [6, 6.07) is 4.49. The van der Waals surface area contributed by atoms with Crippen molar-refractivity contribution in [1.82, 2.24) is 19.5 Å². The molecule has 4 N–H and O–H groups in total. The van der Waals surface area contributed by atoms with E-state index >= 15 is 0 Å². The predicted molar refractivity (Wildman–Crippen MR) is 124 cm³/mol. The molecule has 0 saturated heterocycles. The number of nitrogens with zero attached hydrogens (tertiary/aromatic N) is 5. The van der Waals surface area contributed by atoms with Crippen LogP contribution in [0.1, 0.15) is 51.1 Å². The van der Waals surface area contributed by atoms with Crippen LogP contribution >= 0.6 is 11.6 Å².